The molecule has 36 heavy (non-hydrogen) atoms. The fraction of sp³-hybridized carbons (Fsp3) is 0.200. The molecule has 0 aliphatic carbocycles. The molecule has 1 aliphatic rings. The number of methoxy groups -OCH3 is 1. The molecule has 1 aliphatic heterocycles. The number of nitrogens with zero attached hydrogens (tertiary/aromatic N) is 2. The van der Waals surface area contributed by atoms with Crippen molar-refractivity contribution in [3.63, 3.8) is 0 Å². The van der Waals surface area contributed by atoms with Crippen LogP contribution in [0.4, 0.5) is 5.69 Å². The standard InChI is InChI=1S/C30H29N3O3/c1-5-30(2,3)25-16-24(28(36-4)17-27(25)35)26-14-21(20-8-12-23(34)13-9-20)15-29(32)33(26)22-10-6-19(18-31)7-11-22/h5-13,15-17,26,32,34-35H,1,14H2,2-4H3. The number of amidine groups is 1. The molecule has 1 unspecified atom stereocenters. The van der Waals surface area contributed by atoms with Gasteiger partial charge in [-0.1, -0.05) is 32.1 Å². The lowest BCUT2D eigenvalue weighted by Crippen LogP contribution is -2.37. The van der Waals surface area contributed by atoms with Crippen molar-refractivity contribution in [2.45, 2.75) is 31.7 Å². The number of phenols is 2. The van der Waals surface area contributed by atoms with Crippen LogP contribution in [0, 0.1) is 16.7 Å². The van der Waals surface area contributed by atoms with E-state index in [2.05, 4.69) is 12.6 Å². The van der Waals surface area contributed by atoms with Crippen molar-refractivity contribution in [3.8, 4) is 23.3 Å². The van der Waals surface area contributed by atoms with E-state index < -0.39 is 5.41 Å². The van der Waals surface area contributed by atoms with Crippen LogP contribution in [0.25, 0.3) is 5.57 Å². The van der Waals surface area contributed by atoms with Gasteiger partial charge in [-0.3, -0.25) is 5.41 Å². The lowest BCUT2D eigenvalue weighted by molar-refractivity contribution is 0.395. The Kier molecular flexibility index (Phi) is 6.59. The van der Waals surface area contributed by atoms with E-state index in [1.165, 1.54) is 0 Å². The van der Waals surface area contributed by atoms with Gasteiger partial charge in [0.2, 0.25) is 0 Å². The zero-order valence-corrected chi connectivity index (χ0v) is 20.6. The van der Waals surface area contributed by atoms with Gasteiger partial charge in [0.25, 0.3) is 0 Å². The maximum absolute atomic E-state index is 10.8. The summed E-state index contributed by atoms with van der Waals surface area (Å²) in [4.78, 5) is 1.91. The number of anilines is 1. The number of nitriles is 1. The third-order valence-electron chi connectivity index (χ3n) is 6.72. The summed E-state index contributed by atoms with van der Waals surface area (Å²) < 4.78 is 5.71. The number of hydrogen-bond acceptors (Lipinski definition) is 5. The lowest BCUT2D eigenvalue weighted by Gasteiger charge is -2.39. The van der Waals surface area contributed by atoms with Crippen LogP contribution < -0.4 is 9.64 Å². The van der Waals surface area contributed by atoms with Crippen molar-refractivity contribution in [1.29, 1.82) is 10.7 Å². The molecule has 0 spiro atoms. The van der Waals surface area contributed by atoms with E-state index in [1.807, 2.05) is 55.2 Å². The van der Waals surface area contributed by atoms with Crippen LogP contribution in [0.15, 0.2) is 79.4 Å². The van der Waals surface area contributed by atoms with E-state index >= 15 is 0 Å². The summed E-state index contributed by atoms with van der Waals surface area (Å²) in [6.07, 6.45) is 4.16. The van der Waals surface area contributed by atoms with Gasteiger partial charge in [0.1, 0.15) is 23.1 Å². The molecule has 0 amide bonds. The molecule has 3 aromatic carbocycles. The Bertz CT molecular complexity index is 1380. The number of ether oxygens (including phenoxy) is 1. The molecule has 6 nitrogen and oxygen atoms in total. The molecule has 3 aromatic rings. The number of allylic oxidation sites excluding steroid dienone is 1. The van der Waals surface area contributed by atoms with Crippen LogP contribution in [-0.4, -0.2) is 23.2 Å². The average molecular weight is 480 g/mol. The molecule has 0 fully saturated rings. The number of hydrogen-bond donors (Lipinski definition) is 3. The van der Waals surface area contributed by atoms with E-state index in [0.29, 0.717) is 23.3 Å². The topological polar surface area (TPSA) is 101 Å². The summed E-state index contributed by atoms with van der Waals surface area (Å²) in [5, 5.41) is 38.8. The lowest BCUT2D eigenvalue weighted by atomic mass is 9.81. The molecule has 4 rings (SSSR count). The fourth-order valence-electron chi connectivity index (χ4n) is 4.55. The highest BCUT2D eigenvalue weighted by Gasteiger charge is 2.33. The van der Waals surface area contributed by atoms with Gasteiger partial charge in [0.15, 0.2) is 0 Å². The molecule has 0 saturated carbocycles. The van der Waals surface area contributed by atoms with Crippen molar-refractivity contribution in [3.05, 3.63) is 102 Å². The minimum absolute atomic E-state index is 0.116. The highest BCUT2D eigenvalue weighted by Crippen LogP contribution is 2.46. The second-order valence-electron chi connectivity index (χ2n) is 9.39. The summed E-state index contributed by atoms with van der Waals surface area (Å²) >= 11 is 0. The van der Waals surface area contributed by atoms with Crippen LogP contribution >= 0.6 is 0 Å². The van der Waals surface area contributed by atoms with E-state index in [0.717, 1.165) is 22.4 Å². The highest BCUT2D eigenvalue weighted by molar-refractivity contribution is 6.10. The highest BCUT2D eigenvalue weighted by atomic mass is 16.5. The maximum atomic E-state index is 10.8. The van der Waals surface area contributed by atoms with Crippen molar-refractivity contribution in [2.75, 3.05) is 12.0 Å². The first-order valence-electron chi connectivity index (χ1n) is 11.6. The summed E-state index contributed by atoms with van der Waals surface area (Å²) in [7, 11) is 1.56. The second kappa shape index (κ2) is 9.63. The van der Waals surface area contributed by atoms with E-state index in [4.69, 9.17) is 10.1 Å². The van der Waals surface area contributed by atoms with Gasteiger partial charge >= 0.3 is 0 Å². The normalized spacial score (nSPS) is 15.7. The molecule has 0 radical (unpaired) electrons. The molecular formula is C30H29N3O3. The van der Waals surface area contributed by atoms with Crippen LogP contribution in [0.2, 0.25) is 0 Å². The first-order chi connectivity index (χ1) is 17.2. The first kappa shape index (κ1) is 24.6. The Morgan fingerprint density at radius 1 is 1.11 bits per heavy atom. The van der Waals surface area contributed by atoms with Crippen LogP contribution in [0.1, 0.15) is 48.6 Å². The van der Waals surface area contributed by atoms with Crippen molar-refractivity contribution < 1.29 is 14.9 Å². The second-order valence-corrected chi connectivity index (χ2v) is 9.39. The molecular weight excluding hydrogens is 450 g/mol. The smallest absolute Gasteiger partial charge is 0.127 e. The van der Waals surface area contributed by atoms with Crippen molar-refractivity contribution in [2.24, 2.45) is 0 Å². The van der Waals surface area contributed by atoms with Gasteiger partial charge in [0.05, 0.1) is 24.8 Å². The zero-order chi connectivity index (χ0) is 26.0. The Morgan fingerprint density at radius 3 is 2.36 bits per heavy atom. The monoisotopic (exact) mass is 479 g/mol. The van der Waals surface area contributed by atoms with Crippen molar-refractivity contribution in [1.82, 2.24) is 0 Å². The maximum Gasteiger partial charge on any atom is 0.127 e. The van der Waals surface area contributed by atoms with Gasteiger partial charge < -0.3 is 19.8 Å². The van der Waals surface area contributed by atoms with Gasteiger partial charge in [-0.25, -0.2) is 0 Å². The van der Waals surface area contributed by atoms with Gasteiger partial charge in [-0.05, 0) is 66.1 Å². The third kappa shape index (κ3) is 4.56. The van der Waals surface area contributed by atoms with E-state index in [-0.39, 0.29) is 23.4 Å². The number of phenolic OH excluding ortho intramolecular Hbond substituents is 2. The molecule has 0 saturated heterocycles. The minimum atomic E-state index is -0.498. The van der Waals surface area contributed by atoms with Crippen LogP contribution in [0.3, 0.4) is 0 Å². The van der Waals surface area contributed by atoms with Gasteiger partial charge in [-0.15, -0.1) is 6.58 Å². The summed E-state index contributed by atoms with van der Waals surface area (Å²) in [5.74, 6) is 1.08. The Labute approximate surface area is 211 Å². The third-order valence-corrected chi connectivity index (χ3v) is 6.72. The Balaban J connectivity index is 1.92. The summed E-state index contributed by atoms with van der Waals surface area (Å²) in [6.45, 7) is 7.90. The first-order valence-corrected chi connectivity index (χ1v) is 11.6. The molecule has 1 heterocycles. The number of benzene rings is 3. The molecule has 0 aromatic heterocycles. The summed E-state index contributed by atoms with van der Waals surface area (Å²) in [5.41, 5.74) is 4.18. The average Bonchev–Trinajstić information content (AvgIpc) is 2.88. The quantitative estimate of drug-likeness (QED) is 0.353. The van der Waals surface area contributed by atoms with Crippen LogP contribution in [0.5, 0.6) is 17.2 Å². The van der Waals surface area contributed by atoms with Gasteiger partial charge in [0, 0.05) is 28.3 Å². The zero-order valence-electron chi connectivity index (χ0n) is 20.6. The fourth-order valence-corrected chi connectivity index (χ4v) is 4.55. The van der Waals surface area contributed by atoms with Gasteiger partial charge in [-0.2, -0.15) is 5.26 Å². The van der Waals surface area contributed by atoms with E-state index in [9.17, 15) is 15.5 Å². The Morgan fingerprint density at radius 2 is 1.78 bits per heavy atom. The van der Waals surface area contributed by atoms with E-state index in [1.54, 1.807) is 43.5 Å². The largest absolute Gasteiger partial charge is 0.508 e. The number of rotatable bonds is 6. The molecule has 6 heteroatoms. The summed E-state index contributed by atoms with van der Waals surface area (Å²) in [6, 6.07) is 19.4. The Hall–Kier alpha value is -4.50. The SMILES string of the molecule is C=CC(C)(C)c1cc(C2CC(c3ccc(O)cc3)=CC(=N)N2c2ccc(C#N)cc2)c(OC)cc1O. The number of aromatic hydroxyl groups is 2. The predicted molar refractivity (Wildman–Crippen MR) is 143 cm³/mol. The number of nitrogens with one attached hydrogen (secondary N) is 1. The predicted octanol–water partition coefficient (Wildman–Crippen LogP) is 6.45. The van der Waals surface area contributed by atoms with Crippen LogP contribution in [-0.2, 0) is 5.41 Å². The molecule has 3 N–H and O–H groups in total. The molecule has 1 atom stereocenters. The minimum Gasteiger partial charge on any atom is -0.508 e. The molecule has 0 bridgehead atoms. The van der Waals surface area contributed by atoms with Crippen molar-refractivity contribution >= 4 is 17.1 Å². The molecule has 182 valence electrons.